The second kappa shape index (κ2) is 6.31. The summed E-state index contributed by atoms with van der Waals surface area (Å²) in [7, 11) is 0. The van der Waals surface area contributed by atoms with E-state index in [4.69, 9.17) is 4.74 Å². The first-order valence-corrected chi connectivity index (χ1v) is 6.54. The number of aromatic nitrogens is 1. The first-order chi connectivity index (χ1) is 9.16. The monoisotopic (exact) mass is 262 g/mol. The van der Waals surface area contributed by atoms with E-state index < -0.39 is 12.1 Å². The average molecular weight is 262 g/mol. The Balaban J connectivity index is 2.08. The second-order valence-electron chi connectivity index (χ2n) is 4.76. The number of ether oxygens (including phenoxy) is 1. The molecule has 1 N–H and O–H groups in total. The highest BCUT2D eigenvalue weighted by Crippen LogP contribution is 2.21. The molecule has 5 heteroatoms. The third kappa shape index (κ3) is 3.77. The quantitative estimate of drug-likeness (QED) is 0.839. The van der Waals surface area contributed by atoms with Gasteiger partial charge in [0.05, 0.1) is 0 Å². The Hall–Kier alpha value is -1.91. The Bertz CT molecular complexity index is 441. The third-order valence-electron chi connectivity index (χ3n) is 3.23. The van der Waals surface area contributed by atoms with Gasteiger partial charge in [-0.3, -0.25) is 14.6 Å². The van der Waals surface area contributed by atoms with Gasteiger partial charge in [0.25, 0.3) is 5.91 Å². The minimum Gasteiger partial charge on any atom is -0.447 e. The van der Waals surface area contributed by atoms with E-state index in [0.29, 0.717) is 5.56 Å². The number of pyridine rings is 1. The van der Waals surface area contributed by atoms with Crippen LogP contribution in [0.15, 0.2) is 24.5 Å². The topological polar surface area (TPSA) is 68.3 Å². The molecule has 1 aliphatic rings. The molecule has 2 rings (SSSR count). The van der Waals surface area contributed by atoms with E-state index in [1.807, 2.05) is 0 Å². The molecule has 1 unspecified atom stereocenters. The molecule has 1 aromatic rings. The number of esters is 1. The molecule has 0 saturated heterocycles. The summed E-state index contributed by atoms with van der Waals surface area (Å²) < 4.78 is 5.13. The molecular weight excluding hydrogens is 244 g/mol. The summed E-state index contributed by atoms with van der Waals surface area (Å²) in [5.41, 5.74) is 0.640. The maximum Gasteiger partial charge on any atom is 0.303 e. The lowest BCUT2D eigenvalue weighted by Crippen LogP contribution is -2.37. The molecular formula is C14H18N2O3. The summed E-state index contributed by atoms with van der Waals surface area (Å²) in [6, 6.07) is 3.57. The van der Waals surface area contributed by atoms with Crippen molar-refractivity contribution in [2.45, 2.75) is 44.8 Å². The normalized spacial score (nSPS) is 16.9. The van der Waals surface area contributed by atoms with Gasteiger partial charge in [-0.05, 0) is 25.0 Å². The summed E-state index contributed by atoms with van der Waals surface area (Å²) in [6.45, 7) is 1.30. The van der Waals surface area contributed by atoms with Crippen LogP contribution in [0.4, 0.5) is 0 Å². The van der Waals surface area contributed by atoms with E-state index in [1.165, 1.54) is 6.92 Å². The summed E-state index contributed by atoms with van der Waals surface area (Å²) in [5.74, 6) is -0.725. The van der Waals surface area contributed by atoms with Gasteiger partial charge in [-0.1, -0.05) is 12.8 Å². The van der Waals surface area contributed by atoms with E-state index in [1.54, 1.807) is 24.5 Å². The van der Waals surface area contributed by atoms with Crippen LogP contribution in [0.25, 0.3) is 0 Å². The van der Waals surface area contributed by atoms with Crippen LogP contribution in [0.5, 0.6) is 0 Å². The predicted molar refractivity (Wildman–Crippen MR) is 69.1 cm³/mol. The molecule has 1 saturated carbocycles. The van der Waals surface area contributed by atoms with Crippen LogP contribution in [0.1, 0.15) is 44.3 Å². The minimum absolute atomic E-state index is 0.201. The number of amides is 1. The van der Waals surface area contributed by atoms with Crippen molar-refractivity contribution in [3.8, 4) is 0 Å². The van der Waals surface area contributed by atoms with Gasteiger partial charge in [-0.25, -0.2) is 0 Å². The van der Waals surface area contributed by atoms with Gasteiger partial charge < -0.3 is 10.1 Å². The number of carbonyl (C=O) groups excluding carboxylic acids is 2. The van der Waals surface area contributed by atoms with E-state index in [-0.39, 0.29) is 11.9 Å². The molecule has 1 fully saturated rings. The van der Waals surface area contributed by atoms with Gasteiger partial charge in [-0.2, -0.15) is 0 Å². The largest absolute Gasteiger partial charge is 0.447 e. The number of hydrogen-bond donors (Lipinski definition) is 1. The number of carbonyl (C=O) groups is 2. The lowest BCUT2D eigenvalue weighted by Gasteiger charge is -2.19. The van der Waals surface area contributed by atoms with E-state index in [0.717, 1.165) is 25.7 Å². The lowest BCUT2D eigenvalue weighted by molar-refractivity contribution is -0.154. The molecule has 1 amide bonds. The Morgan fingerprint density at radius 1 is 1.32 bits per heavy atom. The zero-order chi connectivity index (χ0) is 13.7. The highest BCUT2D eigenvalue weighted by Gasteiger charge is 2.27. The van der Waals surface area contributed by atoms with E-state index in [2.05, 4.69) is 10.3 Å². The van der Waals surface area contributed by atoms with Crippen molar-refractivity contribution in [2.24, 2.45) is 0 Å². The SMILES string of the molecule is CC(=O)OC(C(=O)NC1CCCC1)c1ccncc1. The van der Waals surface area contributed by atoms with Gasteiger partial charge in [0.1, 0.15) is 0 Å². The maximum absolute atomic E-state index is 12.2. The lowest BCUT2D eigenvalue weighted by atomic mass is 10.1. The summed E-state index contributed by atoms with van der Waals surface area (Å²) in [6.07, 6.45) is 6.53. The van der Waals surface area contributed by atoms with Crippen molar-refractivity contribution in [1.82, 2.24) is 10.3 Å². The van der Waals surface area contributed by atoms with Crippen LogP contribution in [-0.2, 0) is 14.3 Å². The fraction of sp³-hybridized carbons (Fsp3) is 0.500. The highest BCUT2D eigenvalue weighted by atomic mass is 16.5. The van der Waals surface area contributed by atoms with Crippen molar-refractivity contribution < 1.29 is 14.3 Å². The Morgan fingerprint density at radius 3 is 2.53 bits per heavy atom. The smallest absolute Gasteiger partial charge is 0.303 e. The first kappa shape index (κ1) is 13.5. The fourth-order valence-electron chi connectivity index (χ4n) is 2.32. The standard InChI is InChI=1S/C14H18N2O3/c1-10(17)19-13(11-6-8-15-9-7-11)14(18)16-12-4-2-3-5-12/h6-9,12-13H,2-5H2,1H3,(H,16,18). The number of nitrogens with one attached hydrogen (secondary N) is 1. The molecule has 102 valence electrons. The predicted octanol–water partition coefficient (Wildman–Crippen LogP) is 1.74. The molecule has 1 aromatic heterocycles. The minimum atomic E-state index is -0.888. The molecule has 0 spiro atoms. The number of hydrogen-bond acceptors (Lipinski definition) is 4. The summed E-state index contributed by atoms with van der Waals surface area (Å²) >= 11 is 0. The third-order valence-corrected chi connectivity index (χ3v) is 3.23. The molecule has 0 aliphatic heterocycles. The summed E-state index contributed by atoms with van der Waals surface area (Å²) in [5, 5.41) is 2.95. The van der Waals surface area contributed by atoms with E-state index >= 15 is 0 Å². The Kier molecular flexibility index (Phi) is 4.49. The van der Waals surface area contributed by atoms with Gasteiger partial charge in [-0.15, -0.1) is 0 Å². The van der Waals surface area contributed by atoms with Gasteiger partial charge in [0, 0.05) is 30.9 Å². The van der Waals surface area contributed by atoms with Gasteiger partial charge in [0.2, 0.25) is 6.10 Å². The van der Waals surface area contributed by atoms with Crippen molar-refractivity contribution >= 4 is 11.9 Å². The highest BCUT2D eigenvalue weighted by molar-refractivity contribution is 5.84. The maximum atomic E-state index is 12.2. The number of nitrogens with zero attached hydrogens (tertiary/aromatic N) is 1. The fourth-order valence-corrected chi connectivity index (χ4v) is 2.32. The molecule has 0 radical (unpaired) electrons. The van der Waals surface area contributed by atoms with Crippen LogP contribution in [0.2, 0.25) is 0 Å². The number of rotatable bonds is 4. The van der Waals surface area contributed by atoms with Crippen molar-refractivity contribution in [1.29, 1.82) is 0 Å². The molecule has 19 heavy (non-hydrogen) atoms. The molecule has 1 heterocycles. The molecule has 0 bridgehead atoms. The van der Waals surface area contributed by atoms with E-state index in [9.17, 15) is 9.59 Å². The summed E-state index contributed by atoms with van der Waals surface area (Å²) in [4.78, 5) is 27.3. The average Bonchev–Trinajstić information content (AvgIpc) is 2.89. The van der Waals surface area contributed by atoms with Crippen LogP contribution >= 0.6 is 0 Å². The van der Waals surface area contributed by atoms with Gasteiger partial charge in [0.15, 0.2) is 0 Å². The van der Waals surface area contributed by atoms with Gasteiger partial charge >= 0.3 is 5.97 Å². The van der Waals surface area contributed by atoms with Crippen molar-refractivity contribution in [2.75, 3.05) is 0 Å². The van der Waals surface area contributed by atoms with Crippen molar-refractivity contribution in [3.05, 3.63) is 30.1 Å². The van der Waals surface area contributed by atoms with Crippen molar-refractivity contribution in [3.63, 3.8) is 0 Å². The Morgan fingerprint density at radius 2 is 1.95 bits per heavy atom. The zero-order valence-electron chi connectivity index (χ0n) is 11.0. The van der Waals surface area contributed by atoms with Crippen LogP contribution in [-0.4, -0.2) is 22.9 Å². The Labute approximate surface area is 112 Å². The van der Waals surface area contributed by atoms with Crippen LogP contribution < -0.4 is 5.32 Å². The second-order valence-corrected chi connectivity index (χ2v) is 4.76. The molecule has 5 nitrogen and oxygen atoms in total. The zero-order valence-corrected chi connectivity index (χ0v) is 11.0. The molecule has 1 aliphatic carbocycles. The van der Waals surface area contributed by atoms with Crippen LogP contribution in [0, 0.1) is 0 Å². The molecule has 1 atom stereocenters. The van der Waals surface area contributed by atoms with Crippen LogP contribution in [0.3, 0.4) is 0 Å². The molecule has 0 aromatic carbocycles. The first-order valence-electron chi connectivity index (χ1n) is 6.54.